The maximum atomic E-state index is 13.6. The molecule has 0 radical (unpaired) electrons. The van der Waals surface area contributed by atoms with Crippen molar-refractivity contribution in [2.45, 2.75) is 39.0 Å². The smallest absolute Gasteiger partial charge is 0.129 e. The molecule has 0 bridgehead atoms. The molecule has 0 amide bonds. The minimum Gasteiger partial charge on any atom is -0.379 e. The zero-order valence-corrected chi connectivity index (χ0v) is 11.3. The molecular weight excluding hydrogens is 233 g/mol. The van der Waals surface area contributed by atoms with Gasteiger partial charge in [-0.05, 0) is 31.9 Å². The largest absolute Gasteiger partial charge is 0.379 e. The van der Waals surface area contributed by atoms with Crippen LogP contribution in [0.4, 0.5) is 4.39 Å². The van der Waals surface area contributed by atoms with E-state index in [1.54, 1.807) is 13.2 Å². The standard InChI is InChI=1S/C14H22FNO2/c1-14(2,17-3)6-7-18-10-12-5-4-11(9-16)8-13(12)15/h4-5,8H,6-7,9-10,16H2,1-3H3. The fourth-order valence-corrected chi connectivity index (χ4v) is 1.44. The maximum absolute atomic E-state index is 13.6. The monoisotopic (exact) mass is 255 g/mol. The van der Waals surface area contributed by atoms with Crippen LogP contribution in [0.25, 0.3) is 0 Å². The summed E-state index contributed by atoms with van der Waals surface area (Å²) >= 11 is 0. The predicted molar refractivity (Wildman–Crippen MR) is 69.7 cm³/mol. The SMILES string of the molecule is COC(C)(C)CCOCc1ccc(CN)cc1F. The van der Waals surface area contributed by atoms with E-state index in [9.17, 15) is 4.39 Å². The number of nitrogens with two attached hydrogens (primary N) is 1. The minimum absolute atomic E-state index is 0.206. The Labute approximate surface area is 108 Å². The molecule has 18 heavy (non-hydrogen) atoms. The molecule has 1 aromatic carbocycles. The Kier molecular flexibility index (Phi) is 5.72. The Bertz CT molecular complexity index is 380. The van der Waals surface area contributed by atoms with E-state index in [0.717, 1.165) is 12.0 Å². The summed E-state index contributed by atoms with van der Waals surface area (Å²) in [4.78, 5) is 0. The molecule has 0 aliphatic rings. The third-order valence-electron chi connectivity index (χ3n) is 3.01. The van der Waals surface area contributed by atoms with Gasteiger partial charge in [-0.2, -0.15) is 0 Å². The quantitative estimate of drug-likeness (QED) is 0.762. The first-order chi connectivity index (χ1) is 8.48. The third kappa shape index (κ3) is 4.72. The number of benzene rings is 1. The first-order valence-electron chi connectivity index (χ1n) is 6.09. The van der Waals surface area contributed by atoms with Gasteiger partial charge in [0.1, 0.15) is 5.82 Å². The molecule has 0 aliphatic heterocycles. The van der Waals surface area contributed by atoms with E-state index >= 15 is 0 Å². The average Bonchev–Trinajstić information content (AvgIpc) is 2.36. The van der Waals surface area contributed by atoms with Crippen LogP contribution in [0.3, 0.4) is 0 Å². The molecule has 0 aliphatic carbocycles. The number of rotatable bonds is 7. The molecule has 0 unspecified atom stereocenters. The van der Waals surface area contributed by atoms with Crippen molar-refractivity contribution in [2.24, 2.45) is 5.73 Å². The van der Waals surface area contributed by atoms with Crippen LogP contribution in [0.1, 0.15) is 31.4 Å². The Balaban J connectivity index is 2.40. The Morgan fingerprint density at radius 1 is 1.33 bits per heavy atom. The van der Waals surface area contributed by atoms with Gasteiger partial charge in [0.25, 0.3) is 0 Å². The van der Waals surface area contributed by atoms with Gasteiger partial charge in [-0.1, -0.05) is 12.1 Å². The van der Waals surface area contributed by atoms with Crippen LogP contribution in [-0.2, 0) is 22.6 Å². The second kappa shape index (κ2) is 6.83. The second-order valence-electron chi connectivity index (χ2n) is 4.90. The van der Waals surface area contributed by atoms with Crippen LogP contribution < -0.4 is 5.73 Å². The molecule has 0 atom stereocenters. The van der Waals surface area contributed by atoms with Crippen LogP contribution in [0, 0.1) is 5.82 Å². The lowest BCUT2D eigenvalue weighted by Crippen LogP contribution is -2.24. The second-order valence-corrected chi connectivity index (χ2v) is 4.90. The topological polar surface area (TPSA) is 44.5 Å². The Hall–Kier alpha value is -0.970. The average molecular weight is 255 g/mol. The molecular formula is C14H22FNO2. The van der Waals surface area contributed by atoms with Crippen molar-refractivity contribution in [3.05, 3.63) is 35.1 Å². The molecule has 0 spiro atoms. The van der Waals surface area contributed by atoms with Gasteiger partial charge in [0.2, 0.25) is 0 Å². The van der Waals surface area contributed by atoms with Crippen LogP contribution >= 0.6 is 0 Å². The van der Waals surface area contributed by atoms with Crippen molar-refractivity contribution in [3.8, 4) is 0 Å². The molecule has 1 rings (SSSR count). The molecule has 0 saturated heterocycles. The van der Waals surface area contributed by atoms with Crippen molar-refractivity contribution in [1.29, 1.82) is 0 Å². The molecule has 3 nitrogen and oxygen atoms in total. The third-order valence-corrected chi connectivity index (χ3v) is 3.01. The van der Waals surface area contributed by atoms with Gasteiger partial charge in [-0.15, -0.1) is 0 Å². The molecule has 0 fully saturated rings. The molecule has 0 aromatic heterocycles. The van der Waals surface area contributed by atoms with Crippen LogP contribution in [0.5, 0.6) is 0 Å². The summed E-state index contributed by atoms with van der Waals surface area (Å²) in [5.41, 5.74) is 6.58. The van der Waals surface area contributed by atoms with Gasteiger partial charge in [-0.3, -0.25) is 0 Å². The number of hydrogen-bond acceptors (Lipinski definition) is 3. The lowest BCUT2D eigenvalue weighted by atomic mass is 10.1. The van der Waals surface area contributed by atoms with E-state index in [-0.39, 0.29) is 18.0 Å². The maximum Gasteiger partial charge on any atom is 0.129 e. The summed E-state index contributed by atoms with van der Waals surface area (Å²) in [5, 5.41) is 0. The van der Waals surface area contributed by atoms with Gasteiger partial charge in [0, 0.05) is 25.8 Å². The van der Waals surface area contributed by atoms with Gasteiger partial charge < -0.3 is 15.2 Å². The van der Waals surface area contributed by atoms with Gasteiger partial charge in [-0.25, -0.2) is 4.39 Å². The molecule has 2 N–H and O–H groups in total. The first-order valence-corrected chi connectivity index (χ1v) is 6.09. The fourth-order valence-electron chi connectivity index (χ4n) is 1.44. The van der Waals surface area contributed by atoms with Crippen molar-refractivity contribution < 1.29 is 13.9 Å². The highest BCUT2D eigenvalue weighted by molar-refractivity contribution is 5.23. The number of methoxy groups -OCH3 is 1. The summed E-state index contributed by atoms with van der Waals surface area (Å²) in [6.45, 7) is 5.15. The number of halogens is 1. The fraction of sp³-hybridized carbons (Fsp3) is 0.571. The van der Waals surface area contributed by atoms with Crippen molar-refractivity contribution in [2.75, 3.05) is 13.7 Å². The summed E-state index contributed by atoms with van der Waals surface area (Å²) in [6, 6.07) is 5.00. The number of hydrogen-bond donors (Lipinski definition) is 1. The van der Waals surface area contributed by atoms with E-state index in [1.165, 1.54) is 6.07 Å². The molecule has 0 saturated carbocycles. The van der Waals surface area contributed by atoms with Gasteiger partial charge in [0.05, 0.1) is 12.2 Å². The summed E-state index contributed by atoms with van der Waals surface area (Å²) in [7, 11) is 1.67. The van der Waals surface area contributed by atoms with Crippen molar-refractivity contribution >= 4 is 0 Å². The normalized spacial score (nSPS) is 11.8. The summed E-state index contributed by atoms with van der Waals surface area (Å²) in [6.07, 6.45) is 0.770. The van der Waals surface area contributed by atoms with Crippen LogP contribution in [-0.4, -0.2) is 19.3 Å². The zero-order valence-electron chi connectivity index (χ0n) is 11.3. The van der Waals surface area contributed by atoms with E-state index in [0.29, 0.717) is 18.7 Å². The van der Waals surface area contributed by atoms with Crippen LogP contribution in [0.2, 0.25) is 0 Å². The van der Waals surface area contributed by atoms with E-state index in [1.807, 2.05) is 19.9 Å². The minimum atomic E-state index is -0.260. The highest BCUT2D eigenvalue weighted by Gasteiger charge is 2.15. The number of ether oxygens (including phenoxy) is 2. The Morgan fingerprint density at radius 3 is 2.61 bits per heavy atom. The van der Waals surface area contributed by atoms with Gasteiger partial charge >= 0.3 is 0 Å². The van der Waals surface area contributed by atoms with Gasteiger partial charge in [0.15, 0.2) is 0 Å². The highest BCUT2D eigenvalue weighted by atomic mass is 19.1. The lowest BCUT2D eigenvalue weighted by molar-refractivity contribution is -0.0127. The molecule has 0 heterocycles. The van der Waals surface area contributed by atoms with Crippen molar-refractivity contribution in [3.63, 3.8) is 0 Å². The lowest BCUT2D eigenvalue weighted by Gasteiger charge is -2.22. The molecule has 1 aromatic rings. The van der Waals surface area contributed by atoms with Crippen molar-refractivity contribution in [1.82, 2.24) is 0 Å². The molecule has 102 valence electrons. The van der Waals surface area contributed by atoms with E-state index < -0.39 is 0 Å². The van der Waals surface area contributed by atoms with E-state index in [2.05, 4.69) is 0 Å². The summed E-state index contributed by atoms with van der Waals surface area (Å²) in [5.74, 6) is -0.260. The summed E-state index contributed by atoms with van der Waals surface area (Å²) < 4.78 is 24.3. The van der Waals surface area contributed by atoms with E-state index in [4.69, 9.17) is 15.2 Å². The van der Waals surface area contributed by atoms with Crippen LogP contribution in [0.15, 0.2) is 18.2 Å². The first kappa shape index (κ1) is 15.1. The Morgan fingerprint density at radius 2 is 2.06 bits per heavy atom. The zero-order chi connectivity index (χ0) is 13.6. The molecule has 4 heteroatoms. The highest BCUT2D eigenvalue weighted by Crippen LogP contribution is 2.15. The predicted octanol–water partition coefficient (Wildman–Crippen LogP) is 2.62.